The second-order valence-electron chi connectivity index (χ2n) is 4.70. The van der Waals surface area contributed by atoms with Crippen LogP contribution in [0.25, 0.3) is 0 Å². The third-order valence-electron chi connectivity index (χ3n) is 2.39. The third kappa shape index (κ3) is 2.73. The van der Waals surface area contributed by atoms with Gasteiger partial charge in [-0.1, -0.05) is 6.08 Å². The summed E-state index contributed by atoms with van der Waals surface area (Å²) in [6.45, 7) is 12.7. The maximum absolute atomic E-state index is 6.01. The van der Waals surface area contributed by atoms with Crippen LogP contribution >= 0.6 is 0 Å². The first-order valence-corrected chi connectivity index (χ1v) is 8.36. The molecule has 1 nitrogen and oxygen atoms in total. The molecule has 0 aromatic carbocycles. The van der Waals surface area contributed by atoms with Crippen LogP contribution in [0.15, 0.2) is 24.0 Å². The van der Waals surface area contributed by atoms with Crippen LogP contribution in [0.4, 0.5) is 0 Å². The van der Waals surface area contributed by atoms with Crippen LogP contribution in [0.5, 0.6) is 0 Å². The first kappa shape index (κ1) is 10.6. The number of hydrogen-bond donors (Lipinski definition) is 0. The molecule has 1 aliphatic rings. The van der Waals surface area contributed by atoms with Crippen LogP contribution in [0, 0.1) is 5.92 Å². The molecular formula is C11H20OSi. The quantitative estimate of drug-likeness (QED) is 0.494. The lowest BCUT2D eigenvalue weighted by Gasteiger charge is -2.21. The Labute approximate surface area is 82.6 Å². The van der Waals surface area contributed by atoms with Gasteiger partial charge in [-0.05, 0) is 38.6 Å². The van der Waals surface area contributed by atoms with E-state index < -0.39 is 8.32 Å². The highest BCUT2D eigenvalue weighted by atomic mass is 28.4. The molecular weight excluding hydrogens is 176 g/mol. The summed E-state index contributed by atoms with van der Waals surface area (Å²) in [6, 6.07) is 0. The Morgan fingerprint density at radius 1 is 1.46 bits per heavy atom. The molecule has 0 N–H and O–H groups in total. The highest BCUT2D eigenvalue weighted by Gasteiger charge is 2.25. The summed E-state index contributed by atoms with van der Waals surface area (Å²) in [5.74, 6) is 1.80. The molecule has 0 aliphatic heterocycles. The Hall–Kier alpha value is -0.503. The van der Waals surface area contributed by atoms with Crippen molar-refractivity contribution >= 4 is 8.32 Å². The van der Waals surface area contributed by atoms with E-state index in [4.69, 9.17) is 4.43 Å². The van der Waals surface area contributed by atoms with Gasteiger partial charge in [0.05, 0.1) is 5.76 Å². The van der Waals surface area contributed by atoms with Gasteiger partial charge in [0.2, 0.25) is 8.32 Å². The topological polar surface area (TPSA) is 9.23 Å². The Balaban J connectivity index is 2.71. The molecule has 13 heavy (non-hydrogen) atoms. The molecule has 0 heterocycles. The van der Waals surface area contributed by atoms with E-state index in [2.05, 4.69) is 33.1 Å². The average Bonchev–Trinajstić information content (AvgIpc) is 2.30. The van der Waals surface area contributed by atoms with Crippen LogP contribution in [0.3, 0.4) is 0 Å². The summed E-state index contributed by atoms with van der Waals surface area (Å²) in [5, 5.41) is 0. The number of allylic oxidation sites excluding steroid dienone is 3. The fraction of sp³-hybridized carbons (Fsp3) is 0.636. The summed E-state index contributed by atoms with van der Waals surface area (Å²) in [6.07, 6.45) is 4.33. The summed E-state index contributed by atoms with van der Waals surface area (Å²) >= 11 is 0. The lowest BCUT2D eigenvalue weighted by Crippen LogP contribution is -2.24. The van der Waals surface area contributed by atoms with Crippen molar-refractivity contribution in [1.82, 2.24) is 0 Å². The fourth-order valence-corrected chi connectivity index (χ4v) is 2.71. The van der Waals surface area contributed by atoms with Crippen molar-refractivity contribution in [3.05, 3.63) is 24.0 Å². The van der Waals surface area contributed by atoms with Crippen LogP contribution < -0.4 is 0 Å². The van der Waals surface area contributed by atoms with E-state index in [1.807, 2.05) is 6.08 Å². The zero-order valence-electron chi connectivity index (χ0n) is 9.18. The molecule has 0 aromatic heterocycles. The van der Waals surface area contributed by atoms with E-state index in [-0.39, 0.29) is 0 Å². The van der Waals surface area contributed by atoms with E-state index in [1.54, 1.807) is 0 Å². The van der Waals surface area contributed by atoms with Crippen LogP contribution in [-0.2, 0) is 4.43 Å². The largest absolute Gasteiger partial charge is 0.547 e. The van der Waals surface area contributed by atoms with Crippen molar-refractivity contribution < 1.29 is 4.43 Å². The average molecular weight is 196 g/mol. The Bertz CT molecular complexity index is 235. The second kappa shape index (κ2) is 3.70. The lowest BCUT2D eigenvalue weighted by atomic mass is 10.0. The molecule has 0 amide bonds. The third-order valence-corrected chi connectivity index (χ3v) is 3.25. The molecule has 0 radical (unpaired) electrons. The molecule has 1 atom stereocenters. The molecule has 0 saturated heterocycles. The molecule has 0 aromatic rings. The van der Waals surface area contributed by atoms with Crippen molar-refractivity contribution in [3.8, 4) is 0 Å². The number of rotatable bonds is 3. The Morgan fingerprint density at radius 3 is 2.46 bits per heavy atom. The van der Waals surface area contributed by atoms with Gasteiger partial charge in [0.15, 0.2) is 0 Å². The van der Waals surface area contributed by atoms with Gasteiger partial charge in [0, 0.05) is 12.3 Å². The van der Waals surface area contributed by atoms with Crippen molar-refractivity contribution in [2.45, 2.75) is 39.4 Å². The van der Waals surface area contributed by atoms with E-state index in [1.165, 1.54) is 17.8 Å². The number of hydrogen-bond acceptors (Lipinski definition) is 1. The first-order chi connectivity index (χ1) is 5.94. The van der Waals surface area contributed by atoms with E-state index >= 15 is 0 Å². The highest BCUT2D eigenvalue weighted by Crippen LogP contribution is 2.34. The smallest absolute Gasteiger partial charge is 0.241 e. The Kier molecular flexibility index (Phi) is 3.01. The highest BCUT2D eigenvalue weighted by molar-refractivity contribution is 6.70. The van der Waals surface area contributed by atoms with Gasteiger partial charge in [0.1, 0.15) is 0 Å². The molecule has 0 fully saturated rings. The Morgan fingerprint density at radius 2 is 2.08 bits per heavy atom. The summed E-state index contributed by atoms with van der Waals surface area (Å²) in [4.78, 5) is 0. The van der Waals surface area contributed by atoms with Gasteiger partial charge in [-0.2, -0.15) is 0 Å². The predicted molar refractivity (Wildman–Crippen MR) is 60.1 cm³/mol. The van der Waals surface area contributed by atoms with Crippen LogP contribution in [0.1, 0.15) is 19.8 Å². The standard InChI is InChI=1S/C11H20OSi/c1-6-10-7-8-11(9(10)2)12-13(3,4)5/h6,10H,1,7-8H2,2-5H3/t10-/m1/s1. The van der Waals surface area contributed by atoms with Gasteiger partial charge >= 0.3 is 0 Å². The van der Waals surface area contributed by atoms with Crippen molar-refractivity contribution in [2.24, 2.45) is 5.92 Å². The minimum atomic E-state index is -1.40. The fourth-order valence-electron chi connectivity index (χ4n) is 1.70. The zero-order chi connectivity index (χ0) is 10.1. The van der Waals surface area contributed by atoms with Crippen molar-refractivity contribution in [1.29, 1.82) is 0 Å². The predicted octanol–water partition coefficient (Wildman–Crippen LogP) is 3.71. The van der Waals surface area contributed by atoms with Gasteiger partial charge in [-0.15, -0.1) is 6.58 Å². The molecule has 2 heteroatoms. The van der Waals surface area contributed by atoms with Crippen LogP contribution in [-0.4, -0.2) is 8.32 Å². The molecule has 1 rings (SSSR count). The van der Waals surface area contributed by atoms with E-state index in [0.717, 1.165) is 6.42 Å². The lowest BCUT2D eigenvalue weighted by molar-refractivity contribution is 0.404. The molecule has 1 aliphatic carbocycles. The normalized spacial score (nSPS) is 23.5. The summed E-state index contributed by atoms with van der Waals surface area (Å²) in [7, 11) is -1.40. The molecule has 0 unspecified atom stereocenters. The second-order valence-corrected chi connectivity index (χ2v) is 9.13. The monoisotopic (exact) mass is 196 g/mol. The van der Waals surface area contributed by atoms with Crippen molar-refractivity contribution in [2.75, 3.05) is 0 Å². The zero-order valence-corrected chi connectivity index (χ0v) is 10.2. The van der Waals surface area contributed by atoms with Gasteiger partial charge in [-0.25, -0.2) is 0 Å². The maximum atomic E-state index is 6.01. The van der Waals surface area contributed by atoms with Gasteiger partial charge in [-0.3, -0.25) is 0 Å². The molecule has 0 bridgehead atoms. The first-order valence-electron chi connectivity index (χ1n) is 4.95. The van der Waals surface area contributed by atoms with E-state index in [9.17, 15) is 0 Å². The van der Waals surface area contributed by atoms with E-state index in [0.29, 0.717) is 5.92 Å². The minimum absolute atomic E-state index is 0.561. The summed E-state index contributed by atoms with van der Waals surface area (Å²) in [5.41, 5.74) is 1.40. The maximum Gasteiger partial charge on any atom is 0.241 e. The SMILES string of the molecule is C=C[C@@H]1CCC(O[Si](C)(C)C)=C1C. The van der Waals surface area contributed by atoms with Crippen LogP contribution in [0.2, 0.25) is 19.6 Å². The molecule has 0 spiro atoms. The van der Waals surface area contributed by atoms with Gasteiger partial charge < -0.3 is 4.43 Å². The minimum Gasteiger partial charge on any atom is -0.547 e. The van der Waals surface area contributed by atoms with Crippen molar-refractivity contribution in [3.63, 3.8) is 0 Å². The molecule has 0 saturated carbocycles. The van der Waals surface area contributed by atoms with Gasteiger partial charge in [0.25, 0.3) is 0 Å². The summed E-state index contributed by atoms with van der Waals surface area (Å²) < 4.78 is 6.01. The molecule has 74 valence electrons.